The van der Waals surface area contributed by atoms with Crippen LogP contribution < -0.4 is 0 Å². The van der Waals surface area contributed by atoms with Crippen LogP contribution in [0.25, 0.3) is 0 Å². The first kappa shape index (κ1) is 15.9. The Morgan fingerprint density at radius 2 is 2.00 bits per heavy atom. The molecule has 1 heterocycles. The fourth-order valence-electron chi connectivity index (χ4n) is 2.71. The summed E-state index contributed by atoms with van der Waals surface area (Å²) in [7, 11) is 1.38. The van der Waals surface area contributed by atoms with Crippen LogP contribution in [0, 0.1) is 14.7 Å². The summed E-state index contributed by atoms with van der Waals surface area (Å²) in [6, 6.07) is 1.93. The first-order valence-corrected chi connectivity index (χ1v) is 8.80. The van der Waals surface area contributed by atoms with Crippen molar-refractivity contribution >= 4 is 45.7 Å². The molecule has 1 aromatic heterocycles. The largest absolute Gasteiger partial charge is 0.465 e. The van der Waals surface area contributed by atoms with Crippen molar-refractivity contribution in [3.63, 3.8) is 0 Å². The number of ether oxygens (including phenoxy) is 1. The predicted octanol–water partition coefficient (Wildman–Crippen LogP) is 4.08. The zero-order chi connectivity index (χ0) is 14.7. The molecule has 2 rings (SSSR count). The smallest absolute Gasteiger partial charge is 0.348 e. The molecule has 0 aliphatic heterocycles. The van der Waals surface area contributed by atoms with Gasteiger partial charge in [0, 0.05) is 12.3 Å². The van der Waals surface area contributed by atoms with E-state index < -0.39 is 0 Å². The van der Waals surface area contributed by atoms with E-state index in [1.807, 2.05) is 6.07 Å². The molecule has 1 fully saturated rings. The van der Waals surface area contributed by atoms with Crippen molar-refractivity contribution in [2.24, 2.45) is 11.8 Å². The normalized spacial score (nSPS) is 22.6. The maximum atomic E-state index is 12.4. The van der Waals surface area contributed by atoms with Crippen LogP contribution in [0.4, 0.5) is 0 Å². The van der Waals surface area contributed by atoms with Crippen LogP contribution in [0.2, 0.25) is 0 Å². The zero-order valence-electron chi connectivity index (χ0n) is 11.8. The fraction of sp³-hybridized carbons (Fsp3) is 0.600. The molecule has 0 saturated heterocycles. The van der Waals surface area contributed by atoms with E-state index in [-0.39, 0.29) is 17.7 Å². The van der Waals surface area contributed by atoms with Crippen molar-refractivity contribution in [2.75, 3.05) is 7.11 Å². The van der Waals surface area contributed by atoms with Crippen molar-refractivity contribution in [1.29, 1.82) is 0 Å². The summed E-state index contributed by atoms with van der Waals surface area (Å²) in [6.45, 7) is 2.25. The number of Topliss-reactive ketones (excluding diaryl/α,β-unsaturated/α-hetero) is 1. The number of ketones is 1. The average molecular weight is 406 g/mol. The molecule has 0 spiro atoms. The molecule has 1 aromatic rings. The molecule has 0 N–H and O–H groups in total. The lowest BCUT2D eigenvalue weighted by Crippen LogP contribution is -2.22. The number of rotatable bonds is 4. The molecular weight excluding hydrogens is 387 g/mol. The lowest BCUT2D eigenvalue weighted by Gasteiger charge is -2.25. The maximum absolute atomic E-state index is 12.4. The molecule has 1 aliphatic rings. The highest BCUT2D eigenvalue weighted by Gasteiger charge is 2.26. The third kappa shape index (κ3) is 3.81. The summed E-state index contributed by atoms with van der Waals surface area (Å²) < 4.78 is 5.80. The number of hydrogen-bond donors (Lipinski definition) is 0. The number of carbonyl (C=O) groups is 2. The second kappa shape index (κ2) is 7.02. The molecule has 0 unspecified atom stereocenters. The molecule has 0 bridgehead atoms. The van der Waals surface area contributed by atoms with Crippen LogP contribution in [0.1, 0.15) is 47.8 Å². The second-order valence-corrected chi connectivity index (χ2v) is 8.44. The minimum Gasteiger partial charge on any atom is -0.465 e. The van der Waals surface area contributed by atoms with Gasteiger partial charge in [-0.3, -0.25) is 4.79 Å². The number of esters is 1. The summed E-state index contributed by atoms with van der Waals surface area (Å²) >= 11 is 3.58. The average Bonchev–Trinajstić information content (AvgIpc) is 2.79. The minimum absolute atomic E-state index is 0.175. The van der Waals surface area contributed by atoms with Crippen LogP contribution in [-0.2, 0) is 16.0 Å². The van der Waals surface area contributed by atoms with Gasteiger partial charge in [0.25, 0.3) is 0 Å². The first-order valence-electron chi connectivity index (χ1n) is 6.90. The molecular formula is C15H19IO3S. The van der Waals surface area contributed by atoms with Gasteiger partial charge in [-0.25, -0.2) is 4.79 Å². The summed E-state index contributed by atoms with van der Waals surface area (Å²) in [5.74, 6) is 0.857. The Hall–Kier alpha value is -0.430. The van der Waals surface area contributed by atoms with Crippen LogP contribution in [0.3, 0.4) is 0 Å². The summed E-state index contributed by atoms with van der Waals surface area (Å²) in [5, 5.41) is 0. The molecule has 1 aliphatic carbocycles. The molecule has 110 valence electrons. The van der Waals surface area contributed by atoms with E-state index in [1.165, 1.54) is 18.4 Å². The Bertz CT molecular complexity index is 501. The van der Waals surface area contributed by atoms with Crippen molar-refractivity contribution in [2.45, 2.75) is 39.0 Å². The summed E-state index contributed by atoms with van der Waals surface area (Å²) in [4.78, 5) is 24.7. The van der Waals surface area contributed by atoms with E-state index in [0.29, 0.717) is 11.3 Å². The molecule has 0 aromatic carbocycles. The molecule has 0 amide bonds. The van der Waals surface area contributed by atoms with Crippen molar-refractivity contribution in [3.05, 3.63) is 19.4 Å². The third-order valence-corrected chi connectivity index (χ3v) is 5.90. The molecule has 0 radical (unpaired) electrons. The Labute approximate surface area is 137 Å². The fourth-order valence-corrected chi connectivity index (χ4v) is 4.57. The number of thiophene rings is 1. The van der Waals surface area contributed by atoms with E-state index in [2.05, 4.69) is 29.5 Å². The van der Waals surface area contributed by atoms with Crippen LogP contribution >= 0.6 is 33.9 Å². The van der Waals surface area contributed by atoms with Gasteiger partial charge in [-0.15, -0.1) is 11.3 Å². The minimum atomic E-state index is -0.335. The summed E-state index contributed by atoms with van der Waals surface area (Å²) in [5.41, 5.74) is 0.829. The number of carbonyl (C=O) groups excluding carboxylic acids is 2. The van der Waals surface area contributed by atoms with Gasteiger partial charge in [-0.2, -0.15) is 0 Å². The Kier molecular flexibility index (Phi) is 5.60. The first-order chi connectivity index (χ1) is 9.51. The molecule has 5 heteroatoms. The lowest BCUT2D eigenvalue weighted by molar-refractivity contribution is -0.123. The maximum Gasteiger partial charge on any atom is 0.348 e. The van der Waals surface area contributed by atoms with Gasteiger partial charge < -0.3 is 4.74 Å². The Morgan fingerprint density at radius 3 is 2.60 bits per heavy atom. The van der Waals surface area contributed by atoms with Crippen molar-refractivity contribution in [1.82, 2.24) is 0 Å². The van der Waals surface area contributed by atoms with Gasteiger partial charge in [-0.1, -0.05) is 19.8 Å². The topological polar surface area (TPSA) is 43.4 Å². The second-order valence-electron chi connectivity index (χ2n) is 5.50. The van der Waals surface area contributed by atoms with E-state index in [9.17, 15) is 9.59 Å². The Morgan fingerprint density at radius 1 is 1.35 bits per heavy atom. The number of halogens is 1. The van der Waals surface area contributed by atoms with E-state index in [1.54, 1.807) is 0 Å². The predicted molar refractivity (Wildman–Crippen MR) is 88.2 cm³/mol. The molecule has 3 nitrogen and oxygen atoms in total. The van der Waals surface area contributed by atoms with E-state index in [4.69, 9.17) is 4.74 Å². The van der Waals surface area contributed by atoms with Gasteiger partial charge in [-0.05, 0) is 53.0 Å². The lowest BCUT2D eigenvalue weighted by atomic mass is 9.80. The SMILES string of the molecule is COC(=O)c1sc(I)cc1CC(=O)C1CCC(C)CC1. The van der Waals surface area contributed by atoms with Gasteiger partial charge in [0.2, 0.25) is 0 Å². The third-order valence-electron chi connectivity index (χ3n) is 3.99. The highest BCUT2D eigenvalue weighted by molar-refractivity contribution is 14.1. The standard InChI is InChI=1S/C15H19IO3S/c1-9-3-5-10(6-4-9)12(17)7-11-8-13(16)20-14(11)15(18)19-2/h8-10H,3-7H2,1-2H3. The van der Waals surface area contributed by atoms with Crippen LogP contribution in [0.5, 0.6) is 0 Å². The van der Waals surface area contributed by atoms with Crippen LogP contribution in [-0.4, -0.2) is 18.9 Å². The van der Waals surface area contributed by atoms with Crippen molar-refractivity contribution in [3.8, 4) is 0 Å². The zero-order valence-corrected chi connectivity index (χ0v) is 14.8. The highest BCUT2D eigenvalue weighted by atomic mass is 127. The van der Waals surface area contributed by atoms with E-state index >= 15 is 0 Å². The summed E-state index contributed by atoms with van der Waals surface area (Å²) in [6.07, 6.45) is 4.63. The quantitative estimate of drug-likeness (QED) is 0.559. The van der Waals surface area contributed by atoms with Crippen molar-refractivity contribution < 1.29 is 14.3 Å². The van der Waals surface area contributed by atoms with Crippen LogP contribution in [0.15, 0.2) is 6.07 Å². The molecule has 20 heavy (non-hydrogen) atoms. The Balaban J connectivity index is 2.06. The highest BCUT2D eigenvalue weighted by Crippen LogP contribution is 2.31. The molecule has 0 atom stereocenters. The monoisotopic (exact) mass is 406 g/mol. The van der Waals surface area contributed by atoms with Gasteiger partial charge >= 0.3 is 5.97 Å². The molecule has 1 saturated carbocycles. The van der Waals surface area contributed by atoms with Gasteiger partial charge in [0.15, 0.2) is 0 Å². The number of methoxy groups -OCH3 is 1. The van der Waals surface area contributed by atoms with Gasteiger partial charge in [0.1, 0.15) is 10.7 Å². The number of hydrogen-bond acceptors (Lipinski definition) is 4. The van der Waals surface area contributed by atoms with E-state index in [0.717, 1.165) is 40.0 Å². The van der Waals surface area contributed by atoms with Gasteiger partial charge in [0.05, 0.1) is 9.99 Å².